The van der Waals surface area contributed by atoms with Crippen LogP contribution in [0.3, 0.4) is 0 Å². The molecule has 2 heterocycles. The highest BCUT2D eigenvalue weighted by Gasteiger charge is 2.19. The van der Waals surface area contributed by atoms with Gasteiger partial charge in [-0.25, -0.2) is 9.97 Å². The number of thiazole rings is 1. The summed E-state index contributed by atoms with van der Waals surface area (Å²) in [5, 5.41) is 10.8. The predicted molar refractivity (Wildman–Crippen MR) is 135 cm³/mol. The predicted octanol–water partition coefficient (Wildman–Crippen LogP) is 4.71. The molecule has 4 rings (SSSR count). The second-order valence-electron chi connectivity index (χ2n) is 7.90. The van der Waals surface area contributed by atoms with E-state index in [1.165, 1.54) is 12.1 Å². The molecule has 9 nitrogen and oxygen atoms in total. The second-order valence-corrected chi connectivity index (χ2v) is 10.5. The summed E-state index contributed by atoms with van der Waals surface area (Å²) in [6, 6.07) is 9.60. The topological polar surface area (TPSA) is 115 Å². The molecule has 0 aliphatic heterocycles. The number of rotatable bonds is 10. The Bertz CT molecular complexity index is 1460. The molecule has 2 aromatic carbocycles. The van der Waals surface area contributed by atoms with Crippen LogP contribution in [0.5, 0.6) is 11.5 Å². The first-order valence-electron chi connectivity index (χ1n) is 10.7. The molecule has 0 fully saturated rings. The highest BCUT2D eigenvalue weighted by molar-refractivity contribution is 7.86. The fourth-order valence-corrected chi connectivity index (χ4v) is 4.87. The third-order valence-corrected chi connectivity index (χ3v) is 7.33. The molecule has 0 spiro atoms. The van der Waals surface area contributed by atoms with Gasteiger partial charge in [-0.2, -0.15) is 8.42 Å². The molecule has 0 aliphatic carbocycles. The molecule has 1 N–H and O–H groups in total. The van der Waals surface area contributed by atoms with Crippen molar-refractivity contribution in [3.8, 4) is 11.5 Å². The van der Waals surface area contributed by atoms with Crippen molar-refractivity contribution in [3.63, 3.8) is 0 Å². The van der Waals surface area contributed by atoms with Gasteiger partial charge in [0.05, 0.1) is 13.2 Å². The number of hydrogen-bond donors (Lipinski definition) is 1. The van der Waals surface area contributed by atoms with E-state index >= 15 is 0 Å². The number of phenols is 1. The van der Waals surface area contributed by atoms with Crippen molar-refractivity contribution in [2.24, 2.45) is 0 Å². The van der Waals surface area contributed by atoms with Gasteiger partial charge in [0.25, 0.3) is 0 Å². The number of nitrogens with zero attached hydrogens (tertiary/aromatic N) is 3. The van der Waals surface area contributed by atoms with E-state index < -0.39 is 10.1 Å². The van der Waals surface area contributed by atoms with Crippen LogP contribution in [-0.4, -0.2) is 50.8 Å². The van der Waals surface area contributed by atoms with Gasteiger partial charge < -0.3 is 19.2 Å². The summed E-state index contributed by atoms with van der Waals surface area (Å²) in [4.78, 5) is 11.5. The summed E-state index contributed by atoms with van der Waals surface area (Å²) in [5.41, 5.74) is 2.02. The third kappa shape index (κ3) is 6.18. The minimum Gasteiger partial charge on any atom is -0.506 e. The largest absolute Gasteiger partial charge is 0.506 e. The van der Waals surface area contributed by atoms with Crippen LogP contribution in [-0.2, 0) is 14.3 Å². The van der Waals surface area contributed by atoms with Gasteiger partial charge in [-0.15, -0.1) is 0 Å². The quantitative estimate of drug-likeness (QED) is 0.237. The van der Waals surface area contributed by atoms with Crippen molar-refractivity contribution in [2.75, 3.05) is 32.2 Å². The van der Waals surface area contributed by atoms with Gasteiger partial charge in [0.2, 0.25) is 5.89 Å². The van der Waals surface area contributed by atoms with E-state index in [0.717, 1.165) is 15.6 Å². The molecule has 11 heteroatoms. The number of aromatic hydroxyl groups is 1. The van der Waals surface area contributed by atoms with Crippen molar-refractivity contribution < 1.29 is 26.9 Å². The highest BCUT2D eigenvalue weighted by Crippen LogP contribution is 2.26. The molecule has 4 aromatic rings. The van der Waals surface area contributed by atoms with Crippen LogP contribution in [0.1, 0.15) is 22.8 Å². The molecule has 0 amide bonds. The Morgan fingerprint density at radius 1 is 1.14 bits per heavy atom. The third-order valence-electron chi connectivity index (χ3n) is 4.84. The smallest absolute Gasteiger partial charge is 0.300 e. The van der Waals surface area contributed by atoms with Gasteiger partial charge in [-0.1, -0.05) is 17.4 Å². The zero-order valence-electron chi connectivity index (χ0n) is 19.5. The van der Waals surface area contributed by atoms with E-state index in [2.05, 4.69) is 9.97 Å². The van der Waals surface area contributed by atoms with Crippen LogP contribution in [0.15, 0.2) is 51.9 Å². The molecule has 0 unspecified atom stereocenters. The van der Waals surface area contributed by atoms with Crippen LogP contribution in [0.2, 0.25) is 0 Å². The van der Waals surface area contributed by atoms with Gasteiger partial charge in [-0.3, -0.25) is 4.18 Å². The Morgan fingerprint density at radius 3 is 2.71 bits per heavy atom. The van der Waals surface area contributed by atoms with Crippen LogP contribution in [0.4, 0.5) is 5.13 Å². The molecule has 0 aliphatic rings. The maximum Gasteiger partial charge on any atom is 0.300 e. The van der Waals surface area contributed by atoms with Crippen LogP contribution in [0, 0.1) is 6.92 Å². The van der Waals surface area contributed by atoms with Crippen LogP contribution < -0.4 is 9.64 Å². The van der Waals surface area contributed by atoms with E-state index in [1.54, 1.807) is 54.8 Å². The summed E-state index contributed by atoms with van der Waals surface area (Å²) in [6.45, 7) is 1.91. The number of benzene rings is 2. The fraction of sp³-hybridized carbons (Fsp3) is 0.250. The average molecular weight is 516 g/mol. The number of anilines is 1. The SMILES string of the molecule is Cc1ccc(S(=O)(=O)OCCCOc2ccc3nc(C=Cc4cnc(N(C)C)s4)oc3c2)c(O)c1. The van der Waals surface area contributed by atoms with Crippen molar-refractivity contribution in [2.45, 2.75) is 18.2 Å². The molecule has 35 heavy (non-hydrogen) atoms. The summed E-state index contributed by atoms with van der Waals surface area (Å²) >= 11 is 1.56. The lowest BCUT2D eigenvalue weighted by Crippen LogP contribution is -2.10. The summed E-state index contributed by atoms with van der Waals surface area (Å²) in [7, 11) is -0.162. The summed E-state index contributed by atoms with van der Waals surface area (Å²) in [6.07, 6.45) is 5.82. The van der Waals surface area contributed by atoms with Crippen LogP contribution in [0.25, 0.3) is 23.3 Å². The fourth-order valence-electron chi connectivity index (χ4n) is 3.12. The number of aromatic nitrogens is 2. The number of fused-ring (bicyclic) bond motifs is 1. The monoisotopic (exact) mass is 515 g/mol. The van der Waals surface area contributed by atoms with E-state index in [9.17, 15) is 13.5 Å². The molecule has 0 atom stereocenters. The molecule has 0 radical (unpaired) electrons. The van der Waals surface area contributed by atoms with E-state index in [1.807, 2.05) is 25.1 Å². The first kappa shape index (κ1) is 24.7. The zero-order chi connectivity index (χ0) is 25.0. The summed E-state index contributed by atoms with van der Waals surface area (Å²) in [5.74, 6) is 0.706. The molecular weight excluding hydrogens is 490 g/mol. The maximum absolute atomic E-state index is 12.3. The first-order valence-corrected chi connectivity index (χ1v) is 13.0. The number of ether oxygens (including phenoxy) is 1. The zero-order valence-corrected chi connectivity index (χ0v) is 21.1. The van der Waals surface area contributed by atoms with Crippen molar-refractivity contribution >= 4 is 49.8 Å². The average Bonchev–Trinajstić information content (AvgIpc) is 3.43. The number of oxazole rings is 1. The number of hydrogen-bond acceptors (Lipinski definition) is 10. The summed E-state index contributed by atoms with van der Waals surface area (Å²) < 4.78 is 41.0. The Morgan fingerprint density at radius 2 is 1.97 bits per heavy atom. The van der Waals surface area contributed by atoms with Gasteiger partial charge >= 0.3 is 10.1 Å². The normalized spacial score (nSPS) is 12.0. The maximum atomic E-state index is 12.3. The Kier molecular flexibility index (Phi) is 7.39. The Hall–Kier alpha value is -3.41. The number of phenolic OH excluding ortho intramolecular Hbond substituents is 1. The van der Waals surface area contributed by atoms with Crippen molar-refractivity contribution in [1.29, 1.82) is 0 Å². The minimum absolute atomic E-state index is 0.0811. The van der Waals surface area contributed by atoms with Crippen LogP contribution >= 0.6 is 11.3 Å². The first-order chi connectivity index (χ1) is 16.7. The lowest BCUT2D eigenvalue weighted by atomic mass is 10.2. The molecule has 184 valence electrons. The van der Waals surface area contributed by atoms with Gasteiger partial charge in [-0.05, 0) is 42.8 Å². The Labute approximate surface area is 207 Å². The standard InChI is InChI=1S/C24H25N3O6S2/c1-16-5-9-22(20(28)13-16)35(29,30)32-12-4-11-31-17-6-8-19-21(14-17)33-23(26-19)10-7-18-15-25-24(34-18)27(2)3/h5-10,13-15,28H,4,11-12H2,1-3H3. The minimum atomic E-state index is -4.05. The van der Waals surface area contributed by atoms with Crippen molar-refractivity contribution in [3.05, 3.63) is 58.9 Å². The molecular formula is C24H25N3O6S2. The highest BCUT2D eigenvalue weighted by atomic mass is 32.2. The Balaban J connectivity index is 1.30. The van der Waals surface area contributed by atoms with E-state index in [-0.39, 0.29) is 23.9 Å². The van der Waals surface area contributed by atoms with Crippen molar-refractivity contribution in [1.82, 2.24) is 9.97 Å². The van der Waals surface area contributed by atoms with Gasteiger partial charge in [0.15, 0.2) is 10.7 Å². The van der Waals surface area contributed by atoms with Gasteiger partial charge in [0.1, 0.15) is 21.9 Å². The lowest BCUT2D eigenvalue weighted by molar-refractivity contribution is 0.250. The molecule has 0 bridgehead atoms. The molecule has 0 saturated carbocycles. The molecule has 0 saturated heterocycles. The number of aryl methyl sites for hydroxylation is 1. The second kappa shape index (κ2) is 10.5. The van der Waals surface area contributed by atoms with Gasteiger partial charge in [0, 0.05) is 43.7 Å². The van der Waals surface area contributed by atoms with E-state index in [0.29, 0.717) is 29.2 Å². The molecule has 2 aromatic heterocycles. The lowest BCUT2D eigenvalue weighted by Gasteiger charge is -2.09. The van der Waals surface area contributed by atoms with E-state index in [4.69, 9.17) is 13.3 Å².